The van der Waals surface area contributed by atoms with Gasteiger partial charge in [-0.05, 0) is 36.2 Å². The number of methoxy groups -OCH3 is 1. The number of thioether (sulfide) groups is 1. The SMILES string of the molecule is COc1cccc(NC(=O)CSC2=Nc3ccccc3C3=N[C@H](CCC(=O)NCc4ccccc4)C(=O)N23)c1. The van der Waals surface area contributed by atoms with E-state index in [1.54, 1.807) is 31.4 Å². The van der Waals surface area contributed by atoms with E-state index < -0.39 is 6.04 Å². The second-order valence-electron chi connectivity index (χ2n) is 8.92. The molecule has 0 aliphatic carbocycles. The molecule has 0 spiro atoms. The summed E-state index contributed by atoms with van der Waals surface area (Å²) in [5.41, 5.74) is 3.04. The van der Waals surface area contributed by atoms with Crippen LogP contribution in [0.4, 0.5) is 11.4 Å². The van der Waals surface area contributed by atoms with Crippen molar-refractivity contribution in [1.29, 1.82) is 0 Å². The fourth-order valence-electron chi connectivity index (χ4n) is 4.27. The summed E-state index contributed by atoms with van der Waals surface area (Å²) >= 11 is 1.16. The molecule has 0 saturated heterocycles. The number of aliphatic imine (C=N–C) groups is 2. The van der Waals surface area contributed by atoms with E-state index in [4.69, 9.17) is 9.73 Å². The van der Waals surface area contributed by atoms with E-state index in [9.17, 15) is 14.4 Å². The molecule has 0 unspecified atom stereocenters. The van der Waals surface area contributed by atoms with Gasteiger partial charge in [0.15, 0.2) is 5.17 Å². The van der Waals surface area contributed by atoms with Crippen LogP contribution in [-0.4, -0.2) is 52.5 Å². The molecule has 0 radical (unpaired) electrons. The first-order valence-corrected chi connectivity index (χ1v) is 13.5. The maximum atomic E-state index is 13.4. The fraction of sp³-hybridized carbons (Fsp3) is 0.207. The number of carbonyl (C=O) groups excluding carboxylic acids is 3. The van der Waals surface area contributed by atoms with Crippen LogP contribution in [0.1, 0.15) is 24.0 Å². The van der Waals surface area contributed by atoms with Crippen LogP contribution in [0.15, 0.2) is 88.8 Å². The Morgan fingerprint density at radius 3 is 2.62 bits per heavy atom. The van der Waals surface area contributed by atoms with Crippen LogP contribution in [0.3, 0.4) is 0 Å². The van der Waals surface area contributed by atoms with Crippen LogP contribution in [0, 0.1) is 0 Å². The standard InChI is InChI=1S/C29H27N5O4S/c1-38-21-11-7-10-20(16-21)31-26(36)18-39-29-33-23-13-6-5-12-22(23)27-32-24(28(37)34(27)29)14-15-25(35)30-17-19-8-3-2-4-9-19/h2-13,16,24H,14-15,17-18H2,1H3,(H,30,35)(H,31,36)/t24-/m1/s1. The van der Waals surface area contributed by atoms with E-state index in [0.29, 0.717) is 34.7 Å². The Bertz CT molecular complexity index is 1460. The monoisotopic (exact) mass is 541 g/mol. The topological polar surface area (TPSA) is 112 Å². The minimum absolute atomic E-state index is 0.0435. The average Bonchev–Trinajstić information content (AvgIpc) is 3.30. The van der Waals surface area contributed by atoms with Gasteiger partial charge >= 0.3 is 0 Å². The molecule has 2 aliphatic rings. The molecule has 2 aliphatic heterocycles. The molecular formula is C29H27N5O4S. The van der Waals surface area contributed by atoms with E-state index >= 15 is 0 Å². The van der Waals surface area contributed by atoms with Gasteiger partial charge < -0.3 is 15.4 Å². The zero-order valence-corrected chi connectivity index (χ0v) is 22.1. The second kappa shape index (κ2) is 12.0. The van der Waals surface area contributed by atoms with Gasteiger partial charge in [0, 0.05) is 30.3 Å². The number of ether oxygens (including phenoxy) is 1. The Balaban J connectivity index is 1.24. The molecule has 3 amide bonds. The third-order valence-corrected chi connectivity index (χ3v) is 7.15. The lowest BCUT2D eigenvalue weighted by atomic mass is 10.1. The minimum atomic E-state index is -0.704. The van der Waals surface area contributed by atoms with Crippen LogP contribution < -0.4 is 15.4 Å². The molecule has 0 saturated carbocycles. The number of nitrogens with one attached hydrogen (secondary N) is 2. The molecule has 0 bridgehead atoms. The lowest BCUT2D eigenvalue weighted by Gasteiger charge is -2.25. The molecule has 0 fully saturated rings. The van der Waals surface area contributed by atoms with Crippen LogP contribution >= 0.6 is 11.8 Å². The van der Waals surface area contributed by atoms with E-state index in [0.717, 1.165) is 22.9 Å². The summed E-state index contributed by atoms with van der Waals surface area (Å²) in [6, 6.07) is 23.5. The first kappa shape index (κ1) is 26.2. The second-order valence-corrected chi connectivity index (χ2v) is 9.87. The number of para-hydroxylation sites is 1. The van der Waals surface area contributed by atoms with Crippen molar-refractivity contribution in [2.45, 2.75) is 25.4 Å². The van der Waals surface area contributed by atoms with Crippen molar-refractivity contribution in [3.63, 3.8) is 0 Å². The number of anilines is 1. The molecule has 1 atom stereocenters. The highest BCUT2D eigenvalue weighted by Gasteiger charge is 2.41. The van der Waals surface area contributed by atoms with Gasteiger partial charge in [-0.15, -0.1) is 0 Å². The maximum absolute atomic E-state index is 13.4. The number of rotatable bonds is 9. The van der Waals surface area contributed by atoms with Crippen molar-refractivity contribution in [3.05, 3.63) is 90.0 Å². The van der Waals surface area contributed by atoms with Gasteiger partial charge in [-0.3, -0.25) is 19.4 Å². The molecule has 3 aromatic rings. The summed E-state index contributed by atoms with van der Waals surface area (Å²) in [5.74, 6) is 0.533. The molecule has 9 nitrogen and oxygen atoms in total. The maximum Gasteiger partial charge on any atom is 0.259 e. The molecule has 10 heteroatoms. The van der Waals surface area contributed by atoms with Crippen LogP contribution in [0.25, 0.3) is 0 Å². The Morgan fingerprint density at radius 2 is 1.79 bits per heavy atom. The molecule has 5 rings (SSSR count). The van der Waals surface area contributed by atoms with Crippen LogP contribution in [0.2, 0.25) is 0 Å². The molecule has 2 heterocycles. The quantitative estimate of drug-likeness (QED) is 0.423. The number of carbonyl (C=O) groups is 3. The van der Waals surface area contributed by atoms with E-state index in [-0.39, 0.29) is 36.3 Å². The molecule has 3 aromatic carbocycles. The van der Waals surface area contributed by atoms with Gasteiger partial charge in [0.25, 0.3) is 5.91 Å². The van der Waals surface area contributed by atoms with Crippen molar-refractivity contribution < 1.29 is 19.1 Å². The summed E-state index contributed by atoms with van der Waals surface area (Å²) in [6.07, 6.45) is 0.438. The lowest BCUT2D eigenvalue weighted by Crippen LogP contribution is -2.41. The van der Waals surface area contributed by atoms with Crippen LogP contribution in [0.5, 0.6) is 5.75 Å². The van der Waals surface area contributed by atoms with Gasteiger partial charge in [0.2, 0.25) is 11.8 Å². The number of nitrogens with zero attached hydrogens (tertiary/aromatic N) is 3. The lowest BCUT2D eigenvalue weighted by molar-refractivity contribution is -0.125. The van der Waals surface area contributed by atoms with E-state index in [1.807, 2.05) is 54.6 Å². The van der Waals surface area contributed by atoms with Crippen molar-refractivity contribution in [3.8, 4) is 5.75 Å². The Hall–Kier alpha value is -4.44. The fourth-order valence-corrected chi connectivity index (χ4v) is 5.07. The number of hydrogen-bond acceptors (Lipinski definition) is 7. The zero-order chi connectivity index (χ0) is 27.2. The molecule has 198 valence electrons. The van der Waals surface area contributed by atoms with Crippen molar-refractivity contribution >= 4 is 51.9 Å². The number of fused-ring (bicyclic) bond motifs is 3. The van der Waals surface area contributed by atoms with Gasteiger partial charge in [0.1, 0.15) is 17.6 Å². The summed E-state index contributed by atoms with van der Waals surface area (Å²) in [6.45, 7) is 0.428. The molecule has 39 heavy (non-hydrogen) atoms. The Kier molecular flexibility index (Phi) is 8.02. The predicted octanol–water partition coefficient (Wildman–Crippen LogP) is 4.12. The number of amides is 3. The predicted molar refractivity (Wildman–Crippen MR) is 152 cm³/mol. The first-order valence-electron chi connectivity index (χ1n) is 12.5. The highest BCUT2D eigenvalue weighted by molar-refractivity contribution is 8.14. The summed E-state index contributed by atoms with van der Waals surface area (Å²) in [7, 11) is 1.56. The number of benzene rings is 3. The Morgan fingerprint density at radius 1 is 1.00 bits per heavy atom. The Labute approximate surface area is 230 Å². The number of amidine groups is 2. The van der Waals surface area contributed by atoms with Crippen molar-refractivity contribution in [1.82, 2.24) is 10.2 Å². The van der Waals surface area contributed by atoms with Crippen molar-refractivity contribution in [2.75, 3.05) is 18.2 Å². The third kappa shape index (κ3) is 6.18. The van der Waals surface area contributed by atoms with E-state index in [1.165, 1.54) is 4.90 Å². The van der Waals surface area contributed by atoms with Crippen molar-refractivity contribution in [2.24, 2.45) is 9.98 Å². The number of hydrogen-bond donors (Lipinski definition) is 2. The molecule has 2 N–H and O–H groups in total. The third-order valence-electron chi connectivity index (χ3n) is 6.21. The summed E-state index contributed by atoms with van der Waals surface area (Å²) in [4.78, 5) is 49.4. The normalized spacial score (nSPS) is 15.6. The average molecular weight is 542 g/mol. The van der Waals surface area contributed by atoms with Crippen LogP contribution in [-0.2, 0) is 20.9 Å². The highest BCUT2D eigenvalue weighted by atomic mass is 32.2. The summed E-state index contributed by atoms with van der Waals surface area (Å²) < 4.78 is 5.20. The van der Waals surface area contributed by atoms with Gasteiger partial charge in [-0.2, -0.15) is 0 Å². The first-order chi connectivity index (χ1) is 19.0. The van der Waals surface area contributed by atoms with E-state index in [2.05, 4.69) is 15.6 Å². The van der Waals surface area contributed by atoms with Gasteiger partial charge in [-0.1, -0.05) is 60.3 Å². The largest absolute Gasteiger partial charge is 0.497 e. The minimum Gasteiger partial charge on any atom is -0.497 e. The van der Waals surface area contributed by atoms with Gasteiger partial charge in [0.05, 0.1) is 18.6 Å². The highest BCUT2D eigenvalue weighted by Crippen LogP contribution is 2.34. The molecule has 0 aromatic heterocycles. The molecular weight excluding hydrogens is 514 g/mol. The van der Waals surface area contributed by atoms with Gasteiger partial charge in [-0.25, -0.2) is 9.89 Å². The zero-order valence-electron chi connectivity index (χ0n) is 21.3. The summed E-state index contributed by atoms with van der Waals surface area (Å²) in [5, 5.41) is 6.11. The smallest absolute Gasteiger partial charge is 0.259 e.